The standard InChI is InChI=1S/C15H21FN4O/c1-5-21-14-8-11(16)6-7-13(14)17-9-12-10-20(19-18-12)15(2,3)4/h6-8,10,17H,5,9H2,1-4H3. The van der Waals surface area contributed by atoms with Crippen LogP contribution in [0, 0.1) is 5.82 Å². The number of ether oxygens (including phenoxy) is 1. The Morgan fingerprint density at radius 1 is 1.33 bits per heavy atom. The van der Waals surface area contributed by atoms with Crippen LogP contribution in [-0.2, 0) is 12.1 Å². The molecule has 1 aromatic carbocycles. The Morgan fingerprint density at radius 3 is 2.71 bits per heavy atom. The lowest BCUT2D eigenvalue weighted by atomic mass is 10.1. The first-order chi connectivity index (χ1) is 9.90. The first kappa shape index (κ1) is 15.3. The smallest absolute Gasteiger partial charge is 0.145 e. The summed E-state index contributed by atoms with van der Waals surface area (Å²) in [5.74, 6) is 0.184. The van der Waals surface area contributed by atoms with Crippen LogP contribution in [0.1, 0.15) is 33.4 Å². The number of halogens is 1. The maximum atomic E-state index is 13.2. The lowest BCUT2D eigenvalue weighted by molar-refractivity contribution is 0.339. The van der Waals surface area contributed by atoms with E-state index in [0.29, 0.717) is 18.9 Å². The van der Waals surface area contributed by atoms with Gasteiger partial charge < -0.3 is 10.1 Å². The van der Waals surface area contributed by atoms with Gasteiger partial charge in [0.1, 0.15) is 17.3 Å². The van der Waals surface area contributed by atoms with E-state index in [1.165, 1.54) is 12.1 Å². The van der Waals surface area contributed by atoms with Crippen molar-refractivity contribution in [3.63, 3.8) is 0 Å². The molecule has 0 aliphatic rings. The highest BCUT2D eigenvalue weighted by Crippen LogP contribution is 2.26. The van der Waals surface area contributed by atoms with Crippen LogP contribution in [0.3, 0.4) is 0 Å². The van der Waals surface area contributed by atoms with Crippen LogP contribution in [0.15, 0.2) is 24.4 Å². The summed E-state index contributed by atoms with van der Waals surface area (Å²) in [6.07, 6.45) is 1.90. The predicted octanol–water partition coefficient (Wildman–Crippen LogP) is 3.18. The van der Waals surface area contributed by atoms with Crippen molar-refractivity contribution in [3.05, 3.63) is 35.9 Å². The van der Waals surface area contributed by atoms with Crippen LogP contribution in [0.25, 0.3) is 0 Å². The number of aromatic nitrogens is 3. The van der Waals surface area contributed by atoms with Crippen molar-refractivity contribution in [1.29, 1.82) is 0 Å². The molecule has 0 spiro atoms. The first-order valence-electron chi connectivity index (χ1n) is 6.98. The van der Waals surface area contributed by atoms with Gasteiger partial charge in [-0.3, -0.25) is 0 Å². The van der Waals surface area contributed by atoms with Gasteiger partial charge in [-0.05, 0) is 39.8 Å². The van der Waals surface area contributed by atoms with Crippen LogP contribution in [0.5, 0.6) is 5.75 Å². The number of anilines is 1. The molecule has 114 valence electrons. The number of nitrogens with one attached hydrogen (secondary N) is 1. The molecule has 0 bridgehead atoms. The zero-order chi connectivity index (χ0) is 15.5. The highest BCUT2D eigenvalue weighted by Gasteiger charge is 2.15. The molecule has 0 aliphatic carbocycles. The van der Waals surface area contributed by atoms with Crippen molar-refractivity contribution in [3.8, 4) is 5.75 Å². The molecule has 0 atom stereocenters. The lowest BCUT2D eigenvalue weighted by Crippen LogP contribution is -2.22. The maximum absolute atomic E-state index is 13.2. The fourth-order valence-electron chi connectivity index (χ4n) is 1.81. The summed E-state index contributed by atoms with van der Waals surface area (Å²) in [5.41, 5.74) is 1.46. The van der Waals surface area contributed by atoms with Gasteiger partial charge in [-0.15, -0.1) is 5.10 Å². The molecule has 2 rings (SSSR count). The predicted molar refractivity (Wildman–Crippen MR) is 79.9 cm³/mol. The molecular weight excluding hydrogens is 271 g/mol. The summed E-state index contributed by atoms with van der Waals surface area (Å²) < 4.78 is 20.5. The summed E-state index contributed by atoms with van der Waals surface area (Å²) in [4.78, 5) is 0. The number of rotatable bonds is 5. The second kappa shape index (κ2) is 6.11. The quantitative estimate of drug-likeness (QED) is 0.919. The highest BCUT2D eigenvalue weighted by molar-refractivity contribution is 5.56. The maximum Gasteiger partial charge on any atom is 0.145 e. The van der Waals surface area contributed by atoms with E-state index in [9.17, 15) is 4.39 Å². The zero-order valence-corrected chi connectivity index (χ0v) is 12.9. The Morgan fingerprint density at radius 2 is 2.10 bits per heavy atom. The van der Waals surface area contributed by atoms with Gasteiger partial charge in [-0.1, -0.05) is 5.21 Å². The van der Waals surface area contributed by atoms with E-state index in [1.54, 1.807) is 6.07 Å². The van der Waals surface area contributed by atoms with Gasteiger partial charge in [0.15, 0.2) is 0 Å². The molecule has 5 nitrogen and oxygen atoms in total. The Bertz CT molecular complexity index is 604. The third kappa shape index (κ3) is 3.93. The number of hydrogen-bond acceptors (Lipinski definition) is 4. The summed E-state index contributed by atoms with van der Waals surface area (Å²) in [7, 11) is 0. The summed E-state index contributed by atoms with van der Waals surface area (Å²) in [6, 6.07) is 4.43. The van der Waals surface area contributed by atoms with E-state index in [4.69, 9.17) is 4.74 Å². The molecule has 1 heterocycles. The monoisotopic (exact) mass is 292 g/mol. The van der Waals surface area contributed by atoms with Gasteiger partial charge in [0.2, 0.25) is 0 Å². The SMILES string of the molecule is CCOc1cc(F)ccc1NCc1cn(C(C)(C)C)nn1. The normalized spacial score (nSPS) is 11.5. The Hall–Kier alpha value is -2.11. The van der Waals surface area contributed by atoms with Gasteiger partial charge in [0.05, 0.1) is 30.6 Å². The second-order valence-electron chi connectivity index (χ2n) is 5.75. The third-order valence-corrected chi connectivity index (χ3v) is 2.93. The molecule has 0 saturated heterocycles. The molecule has 1 aromatic heterocycles. The van der Waals surface area contributed by atoms with Crippen LogP contribution in [-0.4, -0.2) is 21.6 Å². The molecule has 0 radical (unpaired) electrons. The van der Waals surface area contributed by atoms with Crippen LogP contribution >= 0.6 is 0 Å². The van der Waals surface area contributed by atoms with Crippen LogP contribution in [0.2, 0.25) is 0 Å². The summed E-state index contributed by atoms with van der Waals surface area (Å²) in [6.45, 7) is 9.04. The van der Waals surface area contributed by atoms with Crippen molar-refractivity contribution in [2.45, 2.75) is 39.8 Å². The van der Waals surface area contributed by atoms with Crippen LogP contribution < -0.4 is 10.1 Å². The van der Waals surface area contributed by atoms with E-state index in [-0.39, 0.29) is 11.4 Å². The fraction of sp³-hybridized carbons (Fsp3) is 0.467. The second-order valence-corrected chi connectivity index (χ2v) is 5.75. The molecule has 21 heavy (non-hydrogen) atoms. The van der Waals surface area contributed by atoms with E-state index in [0.717, 1.165) is 11.4 Å². The van der Waals surface area contributed by atoms with E-state index in [2.05, 4.69) is 36.4 Å². The van der Waals surface area contributed by atoms with Gasteiger partial charge in [-0.25, -0.2) is 9.07 Å². The van der Waals surface area contributed by atoms with E-state index in [1.807, 2.05) is 17.8 Å². The zero-order valence-electron chi connectivity index (χ0n) is 12.9. The largest absolute Gasteiger partial charge is 0.492 e. The highest BCUT2D eigenvalue weighted by atomic mass is 19.1. The lowest BCUT2D eigenvalue weighted by Gasteiger charge is -2.17. The molecule has 0 unspecified atom stereocenters. The van der Waals surface area contributed by atoms with Crippen molar-refractivity contribution in [2.75, 3.05) is 11.9 Å². The molecular formula is C15H21FN4O. The molecule has 6 heteroatoms. The van der Waals surface area contributed by atoms with Crippen LogP contribution in [0.4, 0.5) is 10.1 Å². The van der Waals surface area contributed by atoms with E-state index >= 15 is 0 Å². The average molecular weight is 292 g/mol. The average Bonchev–Trinajstić information content (AvgIpc) is 2.87. The van der Waals surface area contributed by atoms with Gasteiger partial charge in [0, 0.05) is 6.07 Å². The summed E-state index contributed by atoms with van der Waals surface area (Å²) >= 11 is 0. The van der Waals surface area contributed by atoms with Gasteiger partial charge in [-0.2, -0.15) is 0 Å². The Kier molecular flexibility index (Phi) is 4.45. The molecule has 0 amide bonds. The van der Waals surface area contributed by atoms with E-state index < -0.39 is 0 Å². The van der Waals surface area contributed by atoms with Crippen molar-refractivity contribution in [2.24, 2.45) is 0 Å². The number of nitrogens with zero attached hydrogens (tertiary/aromatic N) is 3. The topological polar surface area (TPSA) is 52.0 Å². The Balaban J connectivity index is 2.08. The molecule has 1 N–H and O–H groups in total. The number of benzene rings is 1. The van der Waals surface area contributed by atoms with Gasteiger partial charge in [0.25, 0.3) is 0 Å². The minimum atomic E-state index is -0.317. The first-order valence-corrected chi connectivity index (χ1v) is 6.98. The number of hydrogen-bond donors (Lipinski definition) is 1. The van der Waals surface area contributed by atoms with Crippen molar-refractivity contribution >= 4 is 5.69 Å². The minimum absolute atomic E-state index is 0.0996. The molecule has 2 aromatic rings. The van der Waals surface area contributed by atoms with Crippen molar-refractivity contribution < 1.29 is 9.13 Å². The minimum Gasteiger partial charge on any atom is -0.492 e. The third-order valence-electron chi connectivity index (χ3n) is 2.93. The summed E-state index contributed by atoms with van der Waals surface area (Å²) in [5, 5.41) is 11.4. The fourth-order valence-corrected chi connectivity index (χ4v) is 1.81. The Labute approximate surface area is 124 Å². The van der Waals surface area contributed by atoms with Gasteiger partial charge >= 0.3 is 0 Å². The molecule has 0 aliphatic heterocycles. The van der Waals surface area contributed by atoms with Crippen molar-refractivity contribution in [1.82, 2.24) is 15.0 Å². The molecule has 0 fully saturated rings. The molecule has 0 saturated carbocycles.